The number of hydrogen-bond acceptors (Lipinski definition) is 6. The van der Waals surface area contributed by atoms with Gasteiger partial charge >= 0.3 is 0 Å². The molecule has 34 heavy (non-hydrogen) atoms. The van der Waals surface area contributed by atoms with Crippen LogP contribution in [0.4, 0.5) is 0 Å². The van der Waals surface area contributed by atoms with Crippen molar-refractivity contribution in [3.05, 3.63) is 87.3 Å². The van der Waals surface area contributed by atoms with Gasteiger partial charge in [0.2, 0.25) is 0 Å². The van der Waals surface area contributed by atoms with E-state index >= 15 is 0 Å². The number of aromatic nitrogens is 3. The number of carbonyl (C=O) groups is 1. The van der Waals surface area contributed by atoms with Crippen molar-refractivity contribution in [1.29, 1.82) is 5.41 Å². The minimum atomic E-state index is -0.456. The quantitative estimate of drug-likeness (QED) is 0.273. The van der Waals surface area contributed by atoms with E-state index in [1.807, 2.05) is 50.2 Å². The summed E-state index contributed by atoms with van der Waals surface area (Å²) in [6.45, 7) is 4.13. The van der Waals surface area contributed by atoms with E-state index in [1.165, 1.54) is 15.0 Å². The Balaban J connectivity index is 1.85. The van der Waals surface area contributed by atoms with Crippen molar-refractivity contribution in [2.45, 2.75) is 26.4 Å². The monoisotopic (exact) mass is 461 g/mol. The molecular formula is C25H27N5O4. The molecule has 0 bridgehead atoms. The van der Waals surface area contributed by atoms with E-state index in [2.05, 4.69) is 10.3 Å². The van der Waals surface area contributed by atoms with E-state index < -0.39 is 5.91 Å². The van der Waals surface area contributed by atoms with Crippen LogP contribution in [0.25, 0.3) is 16.7 Å². The molecular weight excluding hydrogens is 434 g/mol. The third-order valence-corrected chi connectivity index (χ3v) is 5.72. The van der Waals surface area contributed by atoms with E-state index in [9.17, 15) is 9.59 Å². The Bertz CT molecular complexity index is 1460. The Morgan fingerprint density at radius 3 is 2.68 bits per heavy atom. The summed E-state index contributed by atoms with van der Waals surface area (Å²) in [5.74, 6) is -0.456. The molecule has 0 spiro atoms. The second-order valence-electron chi connectivity index (χ2n) is 8.04. The molecule has 4 rings (SSSR count). The summed E-state index contributed by atoms with van der Waals surface area (Å²) in [6.07, 6.45) is 1.64. The molecule has 1 aromatic carbocycles. The summed E-state index contributed by atoms with van der Waals surface area (Å²) in [7, 11) is 0. The van der Waals surface area contributed by atoms with Crippen molar-refractivity contribution >= 4 is 22.6 Å². The number of pyridine rings is 2. The van der Waals surface area contributed by atoms with Crippen molar-refractivity contribution in [3.8, 4) is 0 Å². The summed E-state index contributed by atoms with van der Waals surface area (Å²) in [4.78, 5) is 31.2. The molecule has 3 aromatic heterocycles. The Hall–Kier alpha value is -3.82. The van der Waals surface area contributed by atoms with E-state index in [-0.39, 0.29) is 54.4 Å². The van der Waals surface area contributed by atoms with Crippen LogP contribution in [0.2, 0.25) is 0 Å². The van der Waals surface area contributed by atoms with Crippen LogP contribution in [0.3, 0.4) is 0 Å². The van der Waals surface area contributed by atoms with Crippen LogP contribution in [0, 0.1) is 12.3 Å². The first-order chi connectivity index (χ1) is 16.4. The first kappa shape index (κ1) is 23.3. The molecule has 9 heteroatoms. The lowest BCUT2D eigenvalue weighted by molar-refractivity contribution is 0.0865. The Labute approximate surface area is 195 Å². The van der Waals surface area contributed by atoms with Crippen molar-refractivity contribution < 1.29 is 14.6 Å². The molecule has 1 atom stereocenters. The number of benzene rings is 1. The third kappa shape index (κ3) is 4.48. The number of hydrogen-bond donors (Lipinski definition) is 3. The van der Waals surface area contributed by atoms with Gasteiger partial charge < -0.3 is 19.7 Å². The van der Waals surface area contributed by atoms with Crippen LogP contribution in [0.15, 0.2) is 59.5 Å². The van der Waals surface area contributed by atoms with Gasteiger partial charge in [-0.3, -0.25) is 19.4 Å². The van der Waals surface area contributed by atoms with Crippen molar-refractivity contribution in [1.82, 2.24) is 19.3 Å². The average Bonchev–Trinajstić information content (AvgIpc) is 2.84. The number of aryl methyl sites for hydroxylation is 1. The molecule has 0 saturated carbocycles. The van der Waals surface area contributed by atoms with Crippen LogP contribution in [0.1, 0.15) is 34.5 Å². The topological polar surface area (TPSA) is 122 Å². The fourth-order valence-electron chi connectivity index (χ4n) is 3.91. The SMILES string of the molecule is Cc1cccn2c(=O)c3cc(C(=O)N[C@H](C)c4ccccc4)c(=N)n(CCOCCO)c3nc12. The smallest absolute Gasteiger partial charge is 0.267 e. The minimum absolute atomic E-state index is 0.0669. The van der Waals surface area contributed by atoms with Crippen LogP contribution in [-0.4, -0.2) is 44.8 Å². The number of nitrogens with zero attached hydrogens (tertiary/aromatic N) is 3. The third-order valence-electron chi connectivity index (χ3n) is 5.72. The summed E-state index contributed by atoms with van der Waals surface area (Å²) in [6, 6.07) is 14.3. The van der Waals surface area contributed by atoms with E-state index in [1.54, 1.807) is 12.3 Å². The highest BCUT2D eigenvalue weighted by Crippen LogP contribution is 2.15. The van der Waals surface area contributed by atoms with E-state index in [0.29, 0.717) is 11.3 Å². The lowest BCUT2D eigenvalue weighted by Gasteiger charge is -2.17. The molecule has 0 unspecified atom stereocenters. The maximum atomic E-state index is 13.4. The van der Waals surface area contributed by atoms with Crippen molar-refractivity contribution in [2.24, 2.45) is 0 Å². The normalized spacial score (nSPS) is 12.2. The van der Waals surface area contributed by atoms with Crippen LogP contribution in [-0.2, 0) is 11.3 Å². The fourth-order valence-corrected chi connectivity index (χ4v) is 3.91. The molecule has 1 amide bonds. The average molecular weight is 462 g/mol. The van der Waals surface area contributed by atoms with Gasteiger partial charge in [0.25, 0.3) is 11.5 Å². The van der Waals surface area contributed by atoms with Gasteiger partial charge in [0.05, 0.1) is 36.8 Å². The summed E-state index contributed by atoms with van der Waals surface area (Å²) >= 11 is 0. The summed E-state index contributed by atoms with van der Waals surface area (Å²) < 4.78 is 8.35. The standard InChI is InChI=1S/C25H27N5O4/c1-16-7-6-10-30-22(16)28-23-20(25(30)33)15-19(21(26)29(23)11-13-34-14-12-31)24(32)27-17(2)18-8-4-3-5-9-18/h3-10,15,17,26,31H,11-14H2,1-2H3,(H,27,32)/t17-/m1/s1. The molecule has 9 nitrogen and oxygen atoms in total. The molecule has 176 valence electrons. The zero-order valence-electron chi connectivity index (χ0n) is 19.1. The zero-order chi connectivity index (χ0) is 24.2. The van der Waals surface area contributed by atoms with Gasteiger partial charge in [0.15, 0.2) is 0 Å². The van der Waals surface area contributed by atoms with E-state index in [0.717, 1.165) is 11.1 Å². The highest BCUT2D eigenvalue weighted by atomic mass is 16.5. The number of nitrogens with one attached hydrogen (secondary N) is 2. The van der Waals surface area contributed by atoms with Crippen LogP contribution < -0.4 is 16.4 Å². The van der Waals surface area contributed by atoms with Crippen LogP contribution >= 0.6 is 0 Å². The number of amides is 1. The van der Waals surface area contributed by atoms with Gasteiger partial charge in [-0.1, -0.05) is 36.4 Å². The number of rotatable bonds is 8. The van der Waals surface area contributed by atoms with Gasteiger partial charge in [-0.2, -0.15) is 0 Å². The van der Waals surface area contributed by atoms with Crippen LogP contribution in [0.5, 0.6) is 0 Å². The zero-order valence-corrected chi connectivity index (χ0v) is 19.1. The number of carbonyl (C=O) groups excluding carboxylic acids is 1. The molecule has 0 fully saturated rings. The predicted molar refractivity (Wildman–Crippen MR) is 128 cm³/mol. The van der Waals surface area contributed by atoms with E-state index in [4.69, 9.17) is 15.3 Å². The molecule has 0 aliphatic rings. The van der Waals surface area contributed by atoms with Crippen molar-refractivity contribution in [3.63, 3.8) is 0 Å². The lowest BCUT2D eigenvalue weighted by atomic mass is 10.1. The largest absolute Gasteiger partial charge is 0.394 e. The Morgan fingerprint density at radius 2 is 1.94 bits per heavy atom. The molecule has 4 aromatic rings. The summed E-state index contributed by atoms with van der Waals surface area (Å²) in [5, 5.41) is 20.9. The first-order valence-electron chi connectivity index (χ1n) is 11.1. The van der Waals surface area contributed by atoms with Gasteiger partial charge in [0.1, 0.15) is 16.8 Å². The maximum Gasteiger partial charge on any atom is 0.267 e. The molecule has 0 saturated heterocycles. The summed E-state index contributed by atoms with van der Waals surface area (Å²) in [5.41, 5.74) is 2.22. The Kier molecular flexibility index (Phi) is 6.85. The highest BCUT2D eigenvalue weighted by Gasteiger charge is 2.19. The maximum absolute atomic E-state index is 13.4. The molecule has 0 aliphatic heterocycles. The first-order valence-corrected chi connectivity index (χ1v) is 11.1. The van der Waals surface area contributed by atoms with Gasteiger partial charge in [0, 0.05) is 12.7 Å². The van der Waals surface area contributed by atoms with Gasteiger partial charge in [-0.15, -0.1) is 0 Å². The number of ether oxygens (including phenoxy) is 1. The lowest BCUT2D eigenvalue weighted by Crippen LogP contribution is -2.36. The molecule has 0 aliphatic carbocycles. The Morgan fingerprint density at radius 1 is 1.18 bits per heavy atom. The molecule has 3 N–H and O–H groups in total. The van der Waals surface area contributed by atoms with Gasteiger partial charge in [-0.25, -0.2) is 4.98 Å². The minimum Gasteiger partial charge on any atom is -0.394 e. The second kappa shape index (κ2) is 9.98. The second-order valence-corrected chi connectivity index (χ2v) is 8.04. The van der Waals surface area contributed by atoms with Gasteiger partial charge in [-0.05, 0) is 37.1 Å². The predicted octanol–water partition coefficient (Wildman–Crippen LogP) is 1.94. The fraction of sp³-hybridized carbons (Fsp3) is 0.280. The molecule has 3 heterocycles. The highest BCUT2D eigenvalue weighted by molar-refractivity contribution is 5.97. The van der Waals surface area contributed by atoms with Crippen molar-refractivity contribution in [2.75, 3.05) is 19.8 Å². The number of aliphatic hydroxyl groups is 1. The number of aliphatic hydroxyl groups excluding tert-OH is 1. The molecule has 0 radical (unpaired) electrons. The number of fused-ring (bicyclic) bond motifs is 2.